The first-order valence-electron chi connectivity index (χ1n) is 8.77. The molecule has 0 spiro atoms. The third-order valence-electron chi connectivity index (χ3n) is 5.17. The predicted molar refractivity (Wildman–Crippen MR) is 93.2 cm³/mol. The Morgan fingerprint density at radius 1 is 1.12 bits per heavy atom. The van der Waals surface area contributed by atoms with Crippen molar-refractivity contribution in [1.82, 2.24) is 4.90 Å². The number of anilines is 1. The minimum absolute atomic E-state index is 0.0467. The zero-order valence-electron chi connectivity index (χ0n) is 14.7. The Kier molecular flexibility index (Phi) is 5.06. The predicted octanol–water partition coefficient (Wildman–Crippen LogP) is 2.08. The molecule has 1 aromatic carbocycles. The van der Waals surface area contributed by atoms with E-state index in [4.69, 9.17) is 0 Å². The smallest absolute Gasteiger partial charge is 0.337 e. The van der Waals surface area contributed by atoms with Crippen LogP contribution in [0.25, 0.3) is 0 Å². The van der Waals surface area contributed by atoms with Crippen LogP contribution in [0.5, 0.6) is 0 Å². The Morgan fingerprint density at radius 2 is 1.76 bits per heavy atom. The van der Waals surface area contributed by atoms with Crippen LogP contribution in [0, 0.1) is 11.8 Å². The molecular weight excluding hydrogens is 320 g/mol. The van der Waals surface area contributed by atoms with Crippen LogP contribution in [0.1, 0.15) is 36.5 Å². The lowest BCUT2D eigenvalue weighted by atomic mass is 9.97. The summed E-state index contributed by atoms with van der Waals surface area (Å²) < 4.78 is 4.68. The van der Waals surface area contributed by atoms with Gasteiger partial charge in [0, 0.05) is 31.7 Å². The number of hydrogen-bond donors (Lipinski definition) is 0. The van der Waals surface area contributed by atoms with E-state index in [1.165, 1.54) is 7.11 Å². The molecule has 2 saturated heterocycles. The molecule has 0 aliphatic carbocycles. The number of nitrogens with zero attached hydrogens (tertiary/aromatic N) is 2. The maximum atomic E-state index is 12.7. The number of esters is 1. The number of methoxy groups -OCH3 is 1. The van der Waals surface area contributed by atoms with E-state index in [1.807, 2.05) is 4.90 Å². The van der Waals surface area contributed by atoms with Gasteiger partial charge in [0.15, 0.2) is 0 Å². The molecule has 1 unspecified atom stereocenters. The minimum atomic E-state index is -0.410. The average Bonchev–Trinajstić information content (AvgIpc) is 3.03. The molecule has 0 radical (unpaired) electrons. The average molecular weight is 344 g/mol. The van der Waals surface area contributed by atoms with Gasteiger partial charge in [-0.1, -0.05) is 6.92 Å². The summed E-state index contributed by atoms with van der Waals surface area (Å²) in [6.07, 6.45) is 2.32. The number of rotatable bonds is 3. The van der Waals surface area contributed by atoms with Gasteiger partial charge in [-0.2, -0.15) is 0 Å². The molecule has 1 aromatic rings. The van der Waals surface area contributed by atoms with Crippen LogP contribution in [0.15, 0.2) is 24.3 Å². The molecule has 2 amide bonds. The van der Waals surface area contributed by atoms with E-state index < -0.39 is 5.97 Å². The molecule has 25 heavy (non-hydrogen) atoms. The number of benzene rings is 1. The molecule has 0 bridgehead atoms. The van der Waals surface area contributed by atoms with Crippen LogP contribution in [0.4, 0.5) is 5.69 Å². The Labute approximate surface area is 147 Å². The molecule has 2 aliphatic heterocycles. The van der Waals surface area contributed by atoms with Crippen molar-refractivity contribution in [3.63, 3.8) is 0 Å². The third kappa shape index (κ3) is 3.67. The van der Waals surface area contributed by atoms with Crippen LogP contribution in [0.2, 0.25) is 0 Å². The van der Waals surface area contributed by atoms with Crippen molar-refractivity contribution in [2.45, 2.75) is 26.2 Å². The van der Waals surface area contributed by atoms with E-state index in [2.05, 4.69) is 11.7 Å². The monoisotopic (exact) mass is 344 g/mol. The van der Waals surface area contributed by atoms with Crippen molar-refractivity contribution in [3.05, 3.63) is 29.8 Å². The summed E-state index contributed by atoms with van der Waals surface area (Å²) in [6, 6.07) is 6.71. The number of carbonyl (C=O) groups is 3. The van der Waals surface area contributed by atoms with Gasteiger partial charge in [0.2, 0.25) is 11.8 Å². The first kappa shape index (κ1) is 17.5. The van der Waals surface area contributed by atoms with E-state index in [9.17, 15) is 14.4 Å². The highest BCUT2D eigenvalue weighted by Gasteiger charge is 2.37. The molecule has 3 rings (SSSR count). The molecule has 0 N–H and O–H groups in total. The van der Waals surface area contributed by atoms with Gasteiger partial charge in [-0.25, -0.2) is 4.79 Å². The van der Waals surface area contributed by atoms with Crippen LogP contribution >= 0.6 is 0 Å². The lowest BCUT2D eigenvalue weighted by Gasteiger charge is -2.32. The summed E-state index contributed by atoms with van der Waals surface area (Å²) in [6.45, 7) is 4.19. The van der Waals surface area contributed by atoms with Gasteiger partial charge in [-0.05, 0) is 43.0 Å². The van der Waals surface area contributed by atoms with E-state index in [1.54, 1.807) is 29.2 Å². The maximum absolute atomic E-state index is 12.7. The molecule has 2 fully saturated rings. The van der Waals surface area contributed by atoms with Gasteiger partial charge < -0.3 is 14.5 Å². The second-order valence-electron chi connectivity index (χ2n) is 6.95. The zero-order valence-corrected chi connectivity index (χ0v) is 14.7. The van der Waals surface area contributed by atoms with Crippen LogP contribution in [-0.2, 0) is 14.3 Å². The first-order valence-corrected chi connectivity index (χ1v) is 8.77. The largest absolute Gasteiger partial charge is 0.465 e. The Bertz CT molecular complexity index is 663. The zero-order chi connectivity index (χ0) is 18.0. The summed E-state index contributed by atoms with van der Waals surface area (Å²) in [5.74, 6) is 0.0235. The van der Waals surface area contributed by atoms with Crippen molar-refractivity contribution >= 4 is 23.5 Å². The Morgan fingerprint density at radius 3 is 2.36 bits per heavy atom. The number of carbonyl (C=O) groups excluding carboxylic acids is 3. The molecule has 1 atom stereocenters. The fourth-order valence-electron chi connectivity index (χ4n) is 3.51. The van der Waals surface area contributed by atoms with Crippen molar-refractivity contribution in [2.75, 3.05) is 31.6 Å². The Balaban J connectivity index is 1.66. The highest BCUT2D eigenvalue weighted by molar-refractivity contribution is 6.00. The SMILES string of the molecule is COC(=O)c1ccc(N2CC(C(=O)N3CCC(C)CC3)CC2=O)cc1. The van der Waals surface area contributed by atoms with Crippen molar-refractivity contribution in [2.24, 2.45) is 11.8 Å². The van der Waals surface area contributed by atoms with Crippen molar-refractivity contribution in [1.29, 1.82) is 0 Å². The second kappa shape index (κ2) is 7.25. The summed E-state index contributed by atoms with van der Waals surface area (Å²) in [4.78, 5) is 40.1. The minimum Gasteiger partial charge on any atom is -0.465 e. The van der Waals surface area contributed by atoms with Crippen molar-refractivity contribution < 1.29 is 19.1 Å². The molecule has 6 nitrogen and oxygen atoms in total. The Hall–Kier alpha value is -2.37. The standard InChI is InChI=1S/C19H24N2O4/c1-13-7-9-20(10-8-13)18(23)15-11-17(22)21(12-15)16-5-3-14(4-6-16)19(24)25-2/h3-6,13,15H,7-12H2,1-2H3. The van der Waals surface area contributed by atoms with Gasteiger partial charge in [-0.3, -0.25) is 9.59 Å². The molecule has 0 aromatic heterocycles. The summed E-state index contributed by atoms with van der Waals surface area (Å²) in [7, 11) is 1.33. The number of ether oxygens (including phenoxy) is 1. The highest BCUT2D eigenvalue weighted by Crippen LogP contribution is 2.28. The van der Waals surface area contributed by atoms with Crippen LogP contribution in [-0.4, -0.2) is 49.4 Å². The topological polar surface area (TPSA) is 66.9 Å². The first-order chi connectivity index (χ1) is 12.0. The number of likely N-dealkylation sites (tertiary alicyclic amines) is 1. The van der Waals surface area contributed by atoms with E-state index in [-0.39, 0.29) is 24.2 Å². The van der Waals surface area contributed by atoms with E-state index >= 15 is 0 Å². The quantitative estimate of drug-likeness (QED) is 0.788. The van der Waals surface area contributed by atoms with Gasteiger partial charge in [0.1, 0.15) is 0 Å². The molecule has 2 aliphatic rings. The van der Waals surface area contributed by atoms with E-state index in [0.717, 1.165) is 25.9 Å². The van der Waals surface area contributed by atoms with Gasteiger partial charge >= 0.3 is 5.97 Å². The maximum Gasteiger partial charge on any atom is 0.337 e. The van der Waals surface area contributed by atoms with Gasteiger partial charge in [-0.15, -0.1) is 0 Å². The number of piperidine rings is 1. The normalized spacial score (nSPS) is 21.5. The molecule has 0 saturated carbocycles. The van der Waals surface area contributed by atoms with Crippen LogP contribution in [0.3, 0.4) is 0 Å². The van der Waals surface area contributed by atoms with Gasteiger partial charge in [0.05, 0.1) is 18.6 Å². The third-order valence-corrected chi connectivity index (χ3v) is 5.17. The molecule has 134 valence electrons. The summed E-state index contributed by atoms with van der Waals surface area (Å²) in [5.41, 5.74) is 1.15. The summed E-state index contributed by atoms with van der Waals surface area (Å²) in [5, 5.41) is 0. The second-order valence-corrected chi connectivity index (χ2v) is 6.95. The van der Waals surface area contributed by atoms with E-state index in [0.29, 0.717) is 23.7 Å². The summed E-state index contributed by atoms with van der Waals surface area (Å²) >= 11 is 0. The van der Waals surface area contributed by atoms with Gasteiger partial charge in [0.25, 0.3) is 0 Å². The molecule has 6 heteroatoms. The van der Waals surface area contributed by atoms with Crippen molar-refractivity contribution in [3.8, 4) is 0 Å². The molecular formula is C19H24N2O4. The number of hydrogen-bond acceptors (Lipinski definition) is 4. The fourth-order valence-corrected chi connectivity index (χ4v) is 3.51. The fraction of sp³-hybridized carbons (Fsp3) is 0.526. The van der Waals surface area contributed by atoms with Crippen LogP contribution < -0.4 is 4.90 Å². The highest BCUT2D eigenvalue weighted by atomic mass is 16.5. The lowest BCUT2D eigenvalue weighted by Crippen LogP contribution is -2.42. The lowest BCUT2D eigenvalue weighted by molar-refractivity contribution is -0.137. The number of amides is 2. The molecule has 2 heterocycles.